The zero-order valence-corrected chi connectivity index (χ0v) is 8.93. The van der Waals surface area contributed by atoms with Crippen LogP contribution in [0.15, 0.2) is 12.3 Å². The van der Waals surface area contributed by atoms with E-state index in [1.807, 2.05) is 19.2 Å². The topological polar surface area (TPSA) is 51.2 Å². The Morgan fingerprint density at radius 1 is 1.79 bits per heavy atom. The van der Waals surface area contributed by atoms with Crippen molar-refractivity contribution in [2.45, 2.75) is 0 Å². The number of hydrogen-bond acceptors (Lipinski definition) is 5. The number of methoxy groups -OCH3 is 1. The lowest BCUT2D eigenvalue weighted by Gasteiger charge is -1.90. The van der Waals surface area contributed by atoms with Gasteiger partial charge in [0.15, 0.2) is 0 Å². The van der Waals surface area contributed by atoms with Gasteiger partial charge in [-0.25, -0.2) is 9.78 Å². The third kappa shape index (κ3) is 2.93. The van der Waals surface area contributed by atoms with Crippen molar-refractivity contribution in [2.75, 3.05) is 20.7 Å². The Hall–Kier alpha value is -1.20. The average Bonchev–Trinajstić information content (AvgIpc) is 2.66. The molecule has 0 amide bonds. The second-order valence-corrected chi connectivity index (χ2v) is 3.58. The molecular formula is C9H12N2O2S. The van der Waals surface area contributed by atoms with Crippen LogP contribution in [0, 0.1) is 0 Å². The highest BCUT2D eigenvalue weighted by atomic mass is 32.1. The normalized spacial score (nSPS) is 10.7. The molecule has 14 heavy (non-hydrogen) atoms. The Bertz CT molecular complexity index is 333. The van der Waals surface area contributed by atoms with Crippen LogP contribution in [-0.2, 0) is 4.74 Å². The molecule has 0 aliphatic rings. The lowest BCUT2D eigenvalue weighted by molar-refractivity contribution is 0.0606. The van der Waals surface area contributed by atoms with Gasteiger partial charge in [-0.15, -0.1) is 11.3 Å². The molecule has 0 bridgehead atoms. The number of ether oxygens (including phenoxy) is 1. The number of nitrogens with zero attached hydrogens (tertiary/aromatic N) is 1. The maximum Gasteiger partial charge on any atom is 0.349 e. The molecule has 0 radical (unpaired) electrons. The Balaban J connectivity index is 2.63. The van der Waals surface area contributed by atoms with E-state index in [4.69, 9.17) is 0 Å². The van der Waals surface area contributed by atoms with Crippen LogP contribution in [0.4, 0.5) is 0 Å². The summed E-state index contributed by atoms with van der Waals surface area (Å²) < 4.78 is 4.57. The van der Waals surface area contributed by atoms with Crippen LogP contribution in [0.5, 0.6) is 0 Å². The predicted molar refractivity (Wildman–Crippen MR) is 56.4 cm³/mol. The SMILES string of the molecule is CNCC=Cc1ncc(C(=O)OC)s1. The first-order valence-electron chi connectivity index (χ1n) is 4.13. The standard InChI is InChI=1S/C9H12N2O2S/c1-10-5-3-4-8-11-6-7(14-8)9(12)13-2/h3-4,6,10H,5H2,1-2H3. The minimum Gasteiger partial charge on any atom is -0.465 e. The highest BCUT2D eigenvalue weighted by molar-refractivity contribution is 7.14. The number of carbonyl (C=O) groups excluding carboxylic acids is 1. The molecule has 1 aromatic rings. The van der Waals surface area contributed by atoms with E-state index >= 15 is 0 Å². The number of aromatic nitrogens is 1. The van der Waals surface area contributed by atoms with Gasteiger partial charge in [0.2, 0.25) is 0 Å². The van der Waals surface area contributed by atoms with Crippen LogP contribution in [-0.4, -0.2) is 31.7 Å². The van der Waals surface area contributed by atoms with Crippen LogP contribution in [0.25, 0.3) is 6.08 Å². The van der Waals surface area contributed by atoms with Crippen LogP contribution >= 0.6 is 11.3 Å². The zero-order valence-electron chi connectivity index (χ0n) is 8.11. The minimum atomic E-state index is -0.337. The van der Waals surface area contributed by atoms with Gasteiger partial charge in [0.1, 0.15) is 9.88 Å². The summed E-state index contributed by atoms with van der Waals surface area (Å²) in [5.74, 6) is -0.337. The molecule has 0 unspecified atom stereocenters. The van der Waals surface area contributed by atoms with Gasteiger partial charge < -0.3 is 10.1 Å². The molecule has 0 aliphatic carbocycles. The number of thiazole rings is 1. The number of hydrogen-bond donors (Lipinski definition) is 1. The number of nitrogens with one attached hydrogen (secondary N) is 1. The van der Waals surface area contributed by atoms with Crippen molar-refractivity contribution in [1.82, 2.24) is 10.3 Å². The molecule has 76 valence electrons. The Morgan fingerprint density at radius 2 is 2.57 bits per heavy atom. The van der Waals surface area contributed by atoms with Gasteiger partial charge in [-0.1, -0.05) is 6.08 Å². The molecule has 0 aromatic carbocycles. The molecule has 0 fully saturated rings. The first-order chi connectivity index (χ1) is 6.77. The van der Waals surface area contributed by atoms with E-state index in [1.165, 1.54) is 24.6 Å². The number of esters is 1. The van der Waals surface area contributed by atoms with Crippen molar-refractivity contribution in [2.24, 2.45) is 0 Å². The molecule has 5 heteroatoms. The molecule has 0 saturated carbocycles. The van der Waals surface area contributed by atoms with Crippen molar-refractivity contribution >= 4 is 23.4 Å². The molecule has 0 atom stereocenters. The van der Waals surface area contributed by atoms with E-state index in [0.717, 1.165) is 11.6 Å². The summed E-state index contributed by atoms with van der Waals surface area (Å²) in [7, 11) is 3.23. The van der Waals surface area contributed by atoms with Gasteiger partial charge in [0, 0.05) is 6.54 Å². The second kappa shape index (κ2) is 5.51. The minimum absolute atomic E-state index is 0.337. The van der Waals surface area contributed by atoms with Crippen LogP contribution in [0.1, 0.15) is 14.7 Å². The molecular weight excluding hydrogens is 200 g/mol. The van der Waals surface area contributed by atoms with E-state index in [0.29, 0.717) is 4.88 Å². The monoisotopic (exact) mass is 212 g/mol. The fourth-order valence-electron chi connectivity index (χ4n) is 0.837. The molecule has 0 saturated heterocycles. The summed E-state index contributed by atoms with van der Waals surface area (Å²) in [6.07, 6.45) is 5.34. The summed E-state index contributed by atoms with van der Waals surface area (Å²) in [5.41, 5.74) is 0. The smallest absolute Gasteiger partial charge is 0.349 e. The molecule has 0 aliphatic heterocycles. The predicted octanol–water partition coefficient (Wildman–Crippen LogP) is 1.16. The first kappa shape index (κ1) is 10.9. The highest BCUT2D eigenvalue weighted by Crippen LogP contribution is 2.14. The molecule has 1 N–H and O–H groups in total. The van der Waals surface area contributed by atoms with Crippen LogP contribution < -0.4 is 5.32 Å². The summed E-state index contributed by atoms with van der Waals surface area (Å²) in [4.78, 5) is 15.7. The Labute approximate surface area is 86.6 Å². The molecule has 1 aromatic heterocycles. The van der Waals surface area contributed by atoms with Crippen molar-refractivity contribution in [3.63, 3.8) is 0 Å². The number of carbonyl (C=O) groups is 1. The van der Waals surface area contributed by atoms with Gasteiger partial charge >= 0.3 is 5.97 Å². The molecule has 4 nitrogen and oxygen atoms in total. The molecule has 1 heterocycles. The zero-order chi connectivity index (χ0) is 10.4. The third-order valence-corrected chi connectivity index (χ3v) is 2.44. The summed E-state index contributed by atoms with van der Waals surface area (Å²) in [6.45, 7) is 0.785. The summed E-state index contributed by atoms with van der Waals surface area (Å²) in [5, 5.41) is 3.78. The lowest BCUT2D eigenvalue weighted by atomic mass is 10.5. The van der Waals surface area contributed by atoms with Crippen LogP contribution in [0.3, 0.4) is 0 Å². The Morgan fingerprint density at radius 3 is 3.21 bits per heavy atom. The highest BCUT2D eigenvalue weighted by Gasteiger charge is 2.08. The first-order valence-corrected chi connectivity index (χ1v) is 4.95. The van der Waals surface area contributed by atoms with Crippen LogP contribution in [0.2, 0.25) is 0 Å². The second-order valence-electron chi connectivity index (χ2n) is 2.51. The van der Waals surface area contributed by atoms with E-state index in [2.05, 4.69) is 15.0 Å². The maximum absolute atomic E-state index is 11.1. The average molecular weight is 212 g/mol. The number of likely N-dealkylation sites (N-methyl/N-ethyl adjacent to an activating group) is 1. The van der Waals surface area contributed by atoms with Crippen molar-refractivity contribution in [1.29, 1.82) is 0 Å². The van der Waals surface area contributed by atoms with Gasteiger partial charge in [0.05, 0.1) is 13.3 Å². The fourth-order valence-corrected chi connectivity index (χ4v) is 1.60. The van der Waals surface area contributed by atoms with Gasteiger partial charge in [-0.05, 0) is 13.1 Å². The van der Waals surface area contributed by atoms with Gasteiger partial charge in [-0.3, -0.25) is 0 Å². The van der Waals surface area contributed by atoms with E-state index in [9.17, 15) is 4.79 Å². The Kier molecular flexibility index (Phi) is 4.28. The fraction of sp³-hybridized carbons (Fsp3) is 0.333. The van der Waals surface area contributed by atoms with Crippen molar-refractivity contribution in [3.05, 3.63) is 22.2 Å². The third-order valence-electron chi connectivity index (χ3n) is 1.49. The van der Waals surface area contributed by atoms with Gasteiger partial charge in [-0.2, -0.15) is 0 Å². The summed E-state index contributed by atoms with van der Waals surface area (Å²) >= 11 is 1.32. The number of rotatable bonds is 4. The van der Waals surface area contributed by atoms with E-state index < -0.39 is 0 Å². The van der Waals surface area contributed by atoms with Crippen molar-refractivity contribution in [3.8, 4) is 0 Å². The van der Waals surface area contributed by atoms with Crippen molar-refractivity contribution < 1.29 is 9.53 Å². The van der Waals surface area contributed by atoms with Gasteiger partial charge in [0.25, 0.3) is 0 Å². The maximum atomic E-state index is 11.1. The molecule has 1 rings (SSSR count). The lowest BCUT2D eigenvalue weighted by Crippen LogP contribution is -2.03. The summed E-state index contributed by atoms with van der Waals surface area (Å²) in [6, 6.07) is 0. The quantitative estimate of drug-likeness (QED) is 0.761. The van der Waals surface area contributed by atoms with E-state index in [-0.39, 0.29) is 5.97 Å². The molecule has 0 spiro atoms. The largest absolute Gasteiger partial charge is 0.465 e. The van der Waals surface area contributed by atoms with E-state index in [1.54, 1.807) is 0 Å².